The molecule has 1 N–H and O–H groups in total. The van der Waals surface area contributed by atoms with Crippen LogP contribution in [0.5, 0.6) is 0 Å². The average Bonchev–Trinajstić information content (AvgIpc) is 3.28. The molecule has 1 spiro atoms. The molecule has 7 rings (SSSR count). The Bertz CT molecular complexity index is 1470. The largest absolute Gasteiger partial charge is 0.369 e. The van der Waals surface area contributed by atoms with E-state index in [1.54, 1.807) is 22.6 Å². The summed E-state index contributed by atoms with van der Waals surface area (Å²) in [4.78, 5) is 9.78. The fourth-order valence-electron chi connectivity index (χ4n) is 5.73. The van der Waals surface area contributed by atoms with E-state index in [0.717, 1.165) is 52.9 Å². The zero-order valence-corrected chi connectivity index (χ0v) is 22.5. The van der Waals surface area contributed by atoms with Gasteiger partial charge in [0, 0.05) is 49.4 Å². The number of benzene rings is 1. The van der Waals surface area contributed by atoms with Gasteiger partial charge in [0.05, 0.1) is 21.3 Å². The monoisotopic (exact) mass is 568 g/mol. The predicted octanol–water partition coefficient (Wildman–Crippen LogP) is 4.95. The molecule has 4 atom stereocenters. The van der Waals surface area contributed by atoms with Gasteiger partial charge in [-0.25, -0.2) is 13.4 Å². The average molecular weight is 570 g/mol. The molecule has 1 saturated heterocycles. The number of sulfonamides is 1. The minimum absolute atomic E-state index is 0.00112. The van der Waals surface area contributed by atoms with Crippen molar-refractivity contribution in [1.29, 1.82) is 0 Å². The Balaban J connectivity index is 1.49. The van der Waals surface area contributed by atoms with E-state index in [2.05, 4.69) is 50.6 Å². The van der Waals surface area contributed by atoms with Crippen LogP contribution in [0.2, 0.25) is 0 Å². The number of piperidine rings is 1. The van der Waals surface area contributed by atoms with E-state index in [1.807, 2.05) is 28.9 Å². The Kier molecular flexibility index (Phi) is 6.00. The molecule has 4 aliphatic heterocycles. The number of anilines is 1. The summed E-state index contributed by atoms with van der Waals surface area (Å²) in [5.41, 5.74) is 2.56. The van der Waals surface area contributed by atoms with Gasteiger partial charge >= 0.3 is 0 Å². The van der Waals surface area contributed by atoms with Crippen molar-refractivity contribution in [3.8, 4) is 0 Å². The minimum atomic E-state index is -3.59. The zero-order chi connectivity index (χ0) is 24.9. The molecule has 8 nitrogen and oxygen atoms in total. The molecule has 36 heavy (non-hydrogen) atoms. The number of rotatable bonds is 0. The van der Waals surface area contributed by atoms with Crippen LogP contribution in [0.4, 0.5) is 5.82 Å². The number of aliphatic imine (C=N–C) groups is 1. The molecule has 1 fully saturated rings. The van der Waals surface area contributed by atoms with Crippen LogP contribution in [0.15, 0.2) is 63.2 Å². The maximum Gasteiger partial charge on any atom is 0.243 e. The summed E-state index contributed by atoms with van der Waals surface area (Å²) in [5.74, 6) is 1.08. The third kappa shape index (κ3) is 4.18. The van der Waals surface area contributed by atoms with Crippen molar-refractivity contribution in [2.45, 2.75) is 49.3 Å². The quantitative estimate of drug-likeness (QED) is 0.414. The van der Waals surface area contributed by atoms with Crippen LogP contribution < -0.4 is 5.32 Å². The zero-order valence-electron chi connectivity index (χ0n) is 20.1. The van der Waals surface area contributed by atoms with E-state index in [9.17, 15) is 8.42 Å². The van der Waals surface area contributed by atoms with E-state index >= 15 is 0 Å². The number of hydrogen-bond acceptors (Lipinski definition) is 6. The van der Waals surface area contributed by atoms with Crippen molar-refractivity contribution in [2.75, 3.05) is 25.0 Å². The summed E-state index contributed by atoms with van der Waals surface area (Å²) < 4.78 is 31.4. The molecule has 4 aliphatic rings. The summed E-state index contributed by atoms with van der Waals surface area (Å²) >= 11 is 3.59. The first kappa shape index (κ1) is 23.8. The van der Waals surface area contributed by atoms with Crippen LogP contribution >= 0.6 is 15.9 Å². The second kappa shape index (κ2) is 9.08. The molecule has 4 unspecified atom stereocenters. The molecular formula is C26H29BrN6O2S. The molecule has 1 aromatic carbocycles. The fourth-order valence-corrected chi connectivity index (χ4v) is 7.60. The molecule has 0 radical (unpaired) electrons. The van der Waals surface area contributed by atoms with E-state index in [1.165, 1.54) is 0 Å². The molecule has 2 aromatic heterocycles. The first-order valence-corrected chi connectivity index (χ1v) is 14.7. The summed E-state index contributed by atoms with van der Waals surface area (Å²) in [6, 6.07) is 9.51. The van der Waals surface area contributed by atoms with Crippen LogP contribution in [0.1, 0.15) is 55.7 Å². The number of fused-ring (bicyclic) bond motifs is 5. The highest BCUT2D eigenvalue weighted by Crippen LogP contribution is 2.38. The summed E-state index contributed by atoms with van der Waals surface area (Å²) in [6.45, 7) is 3.83. The van der Waals surface area contributed by atoms with Crippen molar-refractivity contribution >= 4 is 43.6 Å². The third-order valence-corrected chi connectivity index (χ3v) is 10.2. The van der Waals surface area contributed by atoms with Crippen LogP contribution in [-0.4, -0.2) is 53.2 Å². The number of halogens is 1. The molecule has 6 bridgehead atoms. The molecule has 188 valence electrons. The van der Waals surface area contributed by atoms with Gasteiger partial charge in [0.2, 0.25) is 10.0 Å². The van der Waals surface area contributed by atoms with E-state index in [4.69, 9.17) is 4.98 Å². The minimum Gasteiger partial charge on any atom is -0.369 e. The van der Waals surface area contributed by atoms with Gasteiger partial charge in [-0.15, -0.1) is 0 Å². The van der Waals surface area contributed by atoms with Crippen LogP contribution in [0, 0.1) is 5.41 Å². The first-order valence-electron chi connectivity index (χ1n) is 12.4. The lowest BCUT2D eigenvalue weighted by Gasteiger charge is -2.34. The summed E-state index contributed by atoms with van der Waals surface area (Å²) in [5, 5.41) is 8.21. The number of nitrogens with zero attached hydrogens (tertiary/aromatic N) is 5. The molecular weight excluding hydrogens is 540 g/mol. The number of nitrogens with one attached hydrogen (secondary N) is 1. The number of hydrogen-bond donors (Lipinski definition) is 1. The van der Waals surface area contributed by atoms with Gasteiger partial charge < -0.3 is 5.32 Å². The Hall–Kier alpha value is -2.56. The van der Waals surface area contributed by atoms with Crippen molar-refractivity contribution in [3.63, 3.8) is 0 Å². The lowest BCUT2D eigenvalue weighted by atomic mass is 9.75. The van der Waals surface area contributed by atoms with Gasteiger partial charge in [-0.3, -0.25) is 4.99 Å². The molecule has 0 amide bonds. The lowest BCUT2D eigenvalue weighted by Crippen LogP contribution is -2.39. The Morgan fingerprint density at radius 2 is 2.06 bits per heavy atom. The lowest BCUT2D eigenvalue weighted by molar-refractivity contribution is 0.312. The van der Waals surface area contributed by atoms with E-state index in [-0.39, 0.29) is 17.3 Å². The highest BCUT2D eigenvalue weighted by atomic mass is 79.9. The van der Waals surface area contributed by atoms with Gasteiger partial charge in [0.15, 0.2) is 5.65 Å². The maximum absolute atomic E-state index is 13.6. The molecule has 6 heterocycles. The van der Waals surface area contributed by atoms with E-state index < -0.39 is 10.0 Å². The molecule has 10 heteroatoms. The summed E-state index contributed by atoms with van der Waals surface area (Å²) in [7, 11) is -3.59. The Labute approximate surface area is 219 Å². The molecule has 0 saturated carbocycles. The van der Waals surface area contributed by atoms with Crippen LogP contribution in [0.3, 0.4) is 0 Å². The van der Waals surface area contributed by atoms with Gasteiger partial charge in [0.1, 0.15) is 5.82 Å². The molecule has 0 aliphatic carbocycles. The molecule has 3 aromatic rings. The van der Waals surface area contributed by atoms with Crippen LogP contribution in [-0.2, 0) is 10.0 Å². The Morgan fingerprint density at radius 1 is 1.22 bits per heavy atom. The van der Waals surface area contributed by atoms with Gasteiger partial charge in [-0.2, -0.15) is 13.9 Å². The van der Waals surface area contributed by atoms with E-state index in [0.29, 0.717) is 24.5 Å². The second-order valence-electron chi connectivity index (χ2n) is 10.3. The van der Waals surface area contributed by atoms with Crippen molar-refractivity contribution < 1.29 is 8.42 Å². The van der Waals surface area contributed by atoms with Crippen molar-refractivity contribution in [3.05, 3.63) is 64.5 Å². The summed E-state index contributed by atoms with van der Waals surface area (Å²) in [6.07, 6.45) is 11.2. The standard InChI is InChI=1S/C26H29BrN6O2S/c1-18-13-26(9-3-10-28-16-26)17-29-24-12-23(31-25-22(27)14-30-33(24)25)20-4-2-11-32(15-20)36(34,35)21-7-5-19(18)6-8-21/h3,5-8,10,12,14,16,18,20,29H,2,4,9,11,13,15,17H2,1H3. The van der Waals surface area contributed by atoms with Gasteiger partial charge in [-0.05, 0) is 65.2 Å². The smallest absolute Gasteiger partial charge is 0.243 e. The maximum atomic E-state index is 13.6. The van der Waals surface area contributed by atoms with Gasteiger partial charge in [-0.1, -0.05) is 25.1 Å². The predicted molar refractivity (Wildman–Crippen MR) is 144 cm³/mol. The van der Waals surface area contributed by atoms with Crippen LogP contribution in [0.25, 0.3) is 5.65 Å². The highest BCUT2D eigenvalue weighted by molar-refractivity contribution is 9.10. The number of aromatic nitrogens is 3. The Morgan fingerprint density at radius 3 is 2.83 bits per heavy atom. The number of allylic oxidation sites excluding steroid dienone is 1. The third-order valence-electron chi connectivity index (χ3n) is 7.74. The second-order valence-corrected chi connectivity index (χ2v) is 13.0. The highest BCUT2D eigenvalue weighted by Gasteiger charge is 2.34. The fraction of sp³-hybridized carbons (Fsp3) is 0.423. The van der Waals surface area contributed by atoms with Crippen molar-refractivity contribution in [1.82, 2.24) is 18.9 Å². The van der Waals surface area contributed by atoms with Crippen molar-refractivity contribution in [2.24, 2.45) is 10.4 Å². The van der Waals surface area contributed by atoms with Gasteiger partial charge in [0.25, 0.3) is 0 Å². The SMILES string of the molecule is CC1CC2(C=NC=CC2)CNc2cc(nc3c(Br)cnn23)C2CCCN(C2)S(=O)(=O)c2ccc1cc2. The first-order chi connectivity index (χ1) is 17.3. The normalized spacial score (nSPS) is 29.4. The topological polar surface area (TPSA) is 92.0 Å².